The zero-order valence-corrected chi connectivity index (χ0v) is 14.6. The molecule has 2 N–H and O–H groups in total. The largest absolute Gasteiger partial charge is 0.357 e. The molecule has 3 aromatic heterocycles. The van der Waals surface area contributed by atoms with Gasteiger partial charge in [-0.1, -0.05) is 30.3 Å². The van der Waals surface area contributed by atoms with Gasteiger partial charge in [0, 0.05) is 45.5 Å². The Bertz CT molecular complexity index is 1040. The maximum Gasteiger partial charge on any atom is 0.270 e. The number of carbonyl (C=O) groups excluding carboxylic acids is 1. The Balaban J connectivity index is 0.00000140. The van der Waals surface area contributed by atoms with Gasteiger partial charge in [0.15, 0.2) is 0 Å². The molecule has 0 bridgehead atoms. The van der Waals surface area contributed by atoms with Crippen LogP contribution in [0.3, 0.4) is 0 Å². The van der Waals surface area contributed by atoms with Crippen LogP contribution in [0.2, 0.25) is 0 Å². The van der Waals surface area contributed by atoms with Gasteiger partial charge in [-0.15, -0.1) is 0 Å². The first kappa shape index (κ1) is 16.1. The summed E-state index contributed by atoms with van der Waals surface area (Å²) < 4.78 is 0. The van der Waals surface area contributed by atoms with Crippen LogP contribution in [0.5, 0.6) is 0 Å². The fraction of sp³-hybridized carbons (Fsp3) is 0.143. The van der Waals surface area contributed by atoms with E-state index >= 15 is 0 Å². The third-order valence-electron chi connectivity index (χ3n) is 4.57. The fourth-order valence-electron chi connectivity index (χ4n) is 3.19. The van der Waals surface area contributed by atoms with E-state index in [1.807, 2.05) is 72.7 Å². The lowest BCUT2D eigenvalue weighted by Gasteiger charge is -2.20. The highest BCUT2D eigenvalue weighted by atomic mass is 16.2. The molecule has 0 aliphatic heterocycles. The van der Waals surface area contributed by atoms with Crippen LogP contribution in [-0.2, 0) is 6.54 Å². The number of carbonyl (C=O) groups is 1. The highest BCUT2D eigenvalue weighted by molar-refractivity contribution is 5.97. The summed E-state index contributed by atoms with van der Waals surface area (Å²) in [7, 11) is 0. The van der Waals surface area contributed by atoms with Crippen molar-refractivity contribution in [3.8, 4) is 11.1 Å². The zero-order valence-electron chi connectivity index (χ0n) is 14.6. The Labute approximate surface area is 154 Å². The molecule has 4 aromatic rings. The summed E-state index contributed by atoms with van der Waals surface area (Å²) in [5, 5.41) is 1.04. The molecule has 134 valence electrons. The van der Waals surface area contributed by atoms with E-state index in [9.17, 15) is 4.79 Å². The summed E-state index contributed by atoms with van der Waals surface area (Å²) in [6.07, 6.45) is 5.53. The number of amides is 1. The Morgan fingerprint density at radius 1 is 1.15 bits per heavy atom. The number of fused-ring (bicyclic) bond motifs is 1. The molecule has 0 atom stereocenters. The van der Waals surface area contributed by atoms with Gasteiger partial charge >= 0.3 is 0 Å². The summed E-state index contributed by atoms with van der Waals surface area (Å²) >= 11 is 0. The smallest absolute Gasteiger partial charge is 0.270 e. The van der Waals surface area contributed by atoms with Gasteiger partial charge in [-0.2, -0.15) is 0 Å². The van der Waals surface area contributed by atoms with E-state index in [1.165, 1.54) is 0 Å². The van der Waals surface area contributed by atoms with Crippen molar-refractivity contribution in [3.63, 3.8) is 0 Å². The molecular formula is C21H24N4O. The Morgan fingerprint density at radius 3 is 2.81 bits per heavy atom. The molecule has 0 spiro atoms. The number of nitrogens with zero attached hydrogens (tertiary/aromatic N) is 2. The molecule has 3 heterocycles. The van der Waals surface area contributed by atoms with Crippen molar-refractivity contribution in [3.05, 3.63) is 78.4 Å². The van der Waals surface area contributed by atoms with Gasteiger partial charge in [0.1, 0.15) is 11.3 Å². The van der Waals surface area contributed by atoms with Gasteiger partial charge in [0.25, 0.3) is 5.91 Å². The molecule has 4 rings (SSSR count). The van der Waals surface area contributed by atoms with E-state index < -0.39 is 0 Å². The molecule has 0 fully saturated rings. The number of nitrogens with one attached hydrogen (secondary N) is 2. The molecule has 26 heavy (non-hydrogen) atoms. The highest BCUT2D eigenvalue weighted by Gasteiger charge is 2.17. The van der Waals surface area contributed by atoms with E-state index in [0.29, 0.717) is 18.8 Å². The van der Waals surface area contributed by atoms with E-state index in [0.717, 1.165) is 27.7 Å². The molecule has 1 aromatic carbocycles. The first-order valence-electron chi connectivity index (χ1n) is 8.70. The maximum atomic E-state index is 12.9. The van der Waals surface area contributed by atoms with Crippen molar-refractivity contribution in [2.45, 2.75) is 13.5 Å². The van der Waals surface area contributed by atoms with Gasteiger partial charge in [-0.05, 0) is 36.2 Å². The number of aromatic amines is 2. The maximum absolute atomic E-state index is 12.9. The van der Waals surface area contributed by atoms with Crippen molar-refractivity contribution in [2.75, 3.05) is 6.54 Å². The Kier molecular flexibility index (Phi) is 4.27. The van der Waals surface area contributed by atoms with E-state index in [-0.39, 0.29) is 8.76 Å². The minimum absolute atomic E-state index is 0. The molecule has 5 heteroatoms. The number of hydrogen-bond donors (Lipinski definition) is 2. The monoisotopic (exact) mass is 348 g/mol. The molecular weight excluding hydrogens is 324 g/mol. The van der Waals surface area contributed by atoms with E-state index in [4.69, 9.17) is 0 Å². The number of H-pyrrole nitrogens is 2. The lowest BCUT2D eigenvalue weighted by molar-refractivity contribution is 0.0747. The van der Waals surface area contributed by atoms with Crippen LogP contribution < -0.4 is 0 Å². The van der Waals surface area contributed by atoms with Crippen LogP contribution in [0.25, 0.3) is 22.2 Å². The van der Waals surface area contributed by atoms with Gasteiger partial charge in [0.05, 0.1) is 0 Å². The molecule has 5 nitrogen and oxygen atoms in total. The second kappa shape index (κ2) is 6.88. The molecule has 0 aliphatic rings. The van der Waals surface area contributed by atoms with Crippen LogP contribution in [0.4, 0.5) is 0 Å². The summed E-state index contributed by atoms with van der Waals surface area (Å²) in [4.78, 5) is 25.3. The average Bonchev–Trinajstić information content (AvgIpc) is 3.35. The summed E-state index contributed by atoms with van der Waals surface area (Å²) in [5.74, 6) is 0.00183. The van der Waals surface area contributed by atoms with Crippen LogP contribution >= 0.6 is 0 Å². The Hall–Kier alpha value is -3.34. The molecule has 0 unspecified atom stereocenters. The van der Waals surface area contributed by atoms with Crippen LogP contribution in [0.15, 0.2) is 67.1 Å². The summed E-state index contributed by atoms with van der Waals surface area (Å²) in [6, 6.07) is 15.9. The minimum atomic E-state index is 0. The number of aromatic nitrogens is 3. The predicted molar refractivity (Wildman–Crippen MR) is 107 cm³/mol. The fourth-order valence-corrected chi connectivity index (χ4v) is 3.19. The van der Waals surface area contributed by atoms with Crippen molar-refractivity contribution in [2.24, 2.45) is 0 Å². The second-order valence-electron chi connectivity index (χ2n) is 6.21. The van der Waals surface area contributed by atoms with Gasteiger partial charge in [-0.25, -0.2) is 4.98 Å². The van der Waals surface area contributed by atoms with Gasteiger partial charge < -0.3 is 14.9 Å². The van der Waals surface area contributed by atoms with Crippen molar-refractivity contribution in [1.29, 1.82) is 0 Å². The molecule has 1 amide bonds. The Morgan fingerprint density at radius 2 is 2.00 bits per heavy atom. The van der Waals surface area contributed by atoms with Crippen LogP contribution in [-0.4, -0.2) is 32.3 Å². The van der Waals surface area contributed by atoms with Crippen molar-refractivity contribution < 1.29 is 7.65 Å². The van der Waals surface area contributed by atoms with Gasteiger partial charge in [0.2, 0.25) is 0 Å². The first-order chi connectivity index (χ1) is 12.8. The topological polar surface area (TPSA) is 64.8 Å². The zero-order chi connectivity index (χ0) is 17.9. The van der Waals surface area contributed by atoms with Crippen molar-refractivity contribution >= 4 is 16.9 Å². The van der Waals surface area contributed by atoms with Gasteiger partial charge in [-0.3, -0.25) is 4.79 Å². The summed E-state index contributed by atoms with van der Waals surface area (Å²) in [5.41, 5.74) is 4.60. The molecule has 0 radical (unpaired) electrons. The lowest BCUT2D eigenvalue weighted by Crippen LogP contribution is -2.30. The second-order valence-corrected chi connectivity index (χ2v) is 6.21. The average molecular weight is 348 g/mol. The first-order valence-corrected chi connectivity index (χ1v) is 8.70. The summed E-state index contributed by atoms with van der Waals surface area (Å²) in [6.45, 7) is 3.25. The molecule has 0 aliphatic carbocycles. The van der Waals surface area contributed by atoms with Crippen molar-refractivity contribution in [1.82, 2.24) is 19.9 Å². The van der Waals surface area contributed by atoms with E-state index in [2.05, 4.69) is 15.0 Å². The predicted octanol–water partition coefficient (Wildman–Crippen LogP) is 4.71. The standard InChI is InChI=1S/C21H20N4O.2H2/c1-2-25(14-15-6-4-3-5-7-15)21(26)19-12-16(13-24-19)17-8-10-22-20-18(17)9-11-23-20;;/h3-13,24H,2,14H2,1H3,(H,22,23);2*1H. The number of rotatable bonds is 5. The highest BCUT2D eigenvalue weighted by Crippen LogP contribution is 2.27. The quantitative estimate of drug-likeness (QED) is 0.548. The minimum Gasteiger partial charge on any atom is -0.357 e. The van der Waals surface area contributed by atoms with Crippen LogP contribution in [0, 0.1) is 0 Å². The normalized spacial score (nSPS) is 11.0. The molecule has 0 saturated carbocycles. The third kappa shape index (κ3) is 2.99. The van der Waals surface area contributed by atoms with E-state index in [1.54, 1.807) is 6.20 Å². The lowest BCUT2D eigenvalue weighted by atomic mass is 10.1. The SMILES string of the molecule is CCN(Cc1ccccc1)C(=O)c1cc(-c2ccnc3[nH]ccc23)c[nH]1.[HH].[HH]. The number of benzene rings is 1. The molecule has 0 saturated heterocycles. The van der Waals surface area contributed by atoms with Crippen LogP contribution in [0.1, 0.15) is 25.8 Å². The number of pyridine rings is 1. The third-order valence-corrected chi connectivity index (χ3v) is 4.57. The number of hydrogen-bond acceptors (Lipinski definition) is 2.